The molecule has 1 N–H and O–H groups in total. The highest BCUT2D eigenvalue weighted by atomic mass is 16.6. The Morgan fingerprint density at radius 2 is 2.13 bits per heavy atom. The van der Waals surface area contributed by atoms with Crippen molar-refractivity contribution in [1.29, 1.82) is 0 Å². The van der Waals surface area contributed by atoms with Crippen LogP contribution in [-0.2, 0) is 4.74 Å². The van der Waals surface area contributed by atoms with Crippen molar-refractivity contribution < 1.29 is 9.53 Å². The fraction of sp³-hybridized carbons (Fsp3) is 0.909. The van der Waals surface area contributed by atoms with E-state index >= 15 is 0 Å². The molecule has 3 rings (SSSR count). The van der Waals surface area contributed by atoms with E-state index < -0.39 is 0 Å². The fourth-order valence-electron chi connectivity index (χ4n) is 2.25. The molecule has 0 spiro atoms. The Morgan fingerprint density at radius 3 is 2.53 bits per heavy atom. The van der Waals surface area contributed by atoms with Crippen LogP contribution in [0.3, 0.4) is 0 Å². The number of carbonyl (C=O) groups is 1. The minimum absolute atomic E-state index is 0.154. The minimum atomic E-state index is -0.388. The largest absolute Gasteiger partial charge is 0.444 e. The molecular weight excluding hydrogens is 192 g/mol. The zero-order valence-electron chi connectivity index (χ0n) is 9.75. The van der Waals surface area contributed by atoms with Gasteiger partial charge in [0, 0.05) is 25.2 Å². The van der Waals surface area contributed by atoms with E-state index in [1.807, 2.05) is 25.7 Å². The first-order valence-electron chi connectivity index (χ1n) is 5.69. The minimum Gasteiger partial charge on any atom is -0.444 e. The lowest BCUT2D eigenvalue weighted by Gasteiger charge is -2.45. The van der Waals surface area contributed by atoms with Crippen molar-refractivity contribution in [1.82, 2.24) is 10.2 Å². The molecule has 3 aliphatic rings. The average Bonchev–Trinajstić information content (AvgIpc) is 2.17. The van der Waals surface area contributed by atoms with Gasteiger partial charge in [0.25, 0.3) is 0 Å². The molecule has 15 heavy (non-hydrogen) atoms. The standard InChI is InChI=1S/C11H20N2O2/c1-11(2,3)15-10(14)13-7-8-4-5-9(13)6-12-8/h8-9,12H,4-7H2,1-3H3. The number of piperidine rings is 2. The molecule has 0 aromatic heterocycles. The van der Waals surface area contributed by atoms with Gasteiger partial charge in [-0.2, -0.15) is 0 Å². The third-order valence-electron chi connectivity index (χ3n) is 2.98. The van der Waals surface area contributed by atoms with Gasteiger partial charge in [-0.3, -0.25) is 0 Å². The van der Waals surface area contributed by atoms with E-state index in [1.54, 1.807) is 0 Å². The maximum atomic E-state index is 11.9. The molecule has 0 aliphatic carbocycles. The predicted molar refractivity (Wildman–Crippen MR) is 57.8 cm³/mol. The van der Waals surface area contributed by atoms with Crippen LogP contribution in [0.15, 0.2) is 0 Å². The molecule has 3 heterocycles. The van der Waals surface area contributed by atoms with Gasteiger partial charge in [-0.05, 0) is 33.6 Å². The lowest BCUT2D eigenvalue weighted by molar-refractivity contribution is -0.00406. The fourth-order valence-corrected chi connectivity index (χ4v) is 2.25. The van der Waals surface area contributed by atoms with Crippen LogP contribution in [0, 0.1) is 0 Å². The molecule has 0 aromatic rings. The first-order valence-corrected chi connectivity index (χ1v) is 5.69. The Labute approximate surface area is 91.0 Å². The zero-order valence-corrected chi connectivity index (χ0v) is 9.75. The quantitative estimate of drug-likeness (QED) is 0.659. The van der Waals surface area contributed by atoms with Crippen LogP contribution in [0.4, 0.5) is 4.79 Å². The van der Waals surface area contributed by atoms with Crippen molar-refractivity contribution >= 4 is 6.09 Å². The molecule has 3 fully saturated rings. The maximum absolute atomic E-state index is 11.9. The summed E-state index contributed by atoms with van der Waals surface area (Å²) in [4.78, 5) is 13.8. The van der Waals surface area contributed by atoms with Crippen molar-refractivity contribution in [2.75, 3.05) is 13.1 Å². The molecule has 0 saturated carbocycles. The molecule has 86 valence electrons. The maximum Gasteiger partial charge on any atom is 0.410 e. The summed E-state index contributed by atoms with van der Waals surface area (Å²) in [6.45, 7) is 7.45. The van der Waals surface area contributed by atoms with Crippen molar-refractivity contribution in [3.8, 4) is 0 Å². The van der Waals surface area contributed by atoms with Gasteiger partial charge in [-0.25, -0.2) is 4.79 Å². The lowest BCUT2D eigenvalue weighted by atomic mass is 9.93. The first kappa shape index (κ1) is 10.7. The second kappa shape index (κ2) is 3.67. The predicted octanol–water partition coefficient (Wildman–Crippen LogP) is 1.36. The molecule has 3 aliphatic heterocycles. The number of hydrogen-bond donors (Lipinski definition) is 1. The topological polar surface area (TPSA) is 41.6 Å². The molecule has 2 unspecified atom stereocenters. The second-order valence-corrected chi connectivity index (χ2v) is 5.47. The van der Waals surface area contributed by atoms with Crippen LogP contribution >= 0.6 is 0 Å². The molecule has 0 aromatic carbocycles. The highest BCUT2D eigenvalue weighted by Crippen LogP contribution is 2.24. The number of fused-ring (bicyclic) bond motifs is 3. The summed E-state index contributed by atoms with van der Waals surface area (Å²) in [6, 6.07) is 0.812. The number of nitrogens with one attached hydrogen (secondary N) is 1. The number of hydrogen-bond acceptors (Lipinski definition) is 3. The van der Waals surface area contributed by atoms with Crippen LogP contribution in [0.5, 0.6) is 0 Å². The van der Waals surface area contributed by atoms with Crippen LogP contribution < -0.4 is 5.32 Å². The van der Waals surface area contributed by atoms with Gasteiger partial charge in [0.2, 0.25) is 0 Å². The Balaban J connectivity index is 1.96. The summed E-state index contributed by atoms with van der Waals surface area (Å²) >= 11 is 0. The molecule has 4 nitrogen and oxygen atoms in total. The number of carbonyl (C=O) groups excluding carboxylic acids is 1. The molecule has 2 bridgehead atoms. The highest BCUT2D eigenvalue weighted by Gasteiger charge is 2.37. The smallest absolute Gasteiger partial charge is 0.410 e. The zero-order chi connectivity index (χ0) is 11.1. The van der Waals surface area contributed by atoms with E-state index in [-0.39, 0.29) is 11.7 Å². The number of amides is 1. The molecule has 2 atom stereocenters. The SMILES string of the molecule is CC(C)(C)OC(=O)N1CC2CCC1CN2. The normalized spacial score (nSPS) is 30.5. The second-order valence-electron chi connectivity index (χ2n) is 5.47. The van der Waals surface area contributed by atoms with Gasteiger partial charge in [-0.1, -0.05) is 0 Å². The Bertz CT molecular complexity index is 252. The van der Waals surface area contributed by atoms with Crippen molar-refractivity contribution in [2.45, 2.75) is 51.3 Å². The van der Waals surface area contributed by atoms with Crippen molar-refractivity contribution in [3.63, 3.8) is 0 Å². The van der Waals surface area contributed by atoms with E-state index in [2.05, 4.69) is 5.32 Å². The van der Waals surface area contributed by atoms with Crippen LogP contribution in [0.1, 0.15) is 33.6 Å². The van der Waals surface area contributed by atoms with E-state index in [1.165, 1.54) is 6.42 Å². The lowest BCUT2D eigenvalue weighted by Crippen LogP contribution is -2.62. The van der Waals surface area contributed by atoms with Crippen LogP contribution in [-0.4, -0.2) is 41.8 Å². The van der Waals surface area contributed by atoms with Crippen LogP contribution in [0.2, 0.25) is 0 Å². The van der Waals surface area contributed by atoms with Gasteiger partial charge in [0.1, 0.15) is 5.60 Å². The van der Waals surface area contributed by atoms with Gasteiger partial charge in [0.05, 0.1) is 0 Å². The van der Waals surface area contributed by atoms with E-state index in [0.29, 0.717) is 12.1 Å². The Morgan fingerprint density at radius 1 is 1.40 bits per heavy atom. The van der Waals surface area contributed by atoms with Gasteiger partial charge in [-0.15, -0.1) is 0 Å². The summed E-state index contributed by atoms with van der Waals surface area (Å²) in [7, 11) is 0. The van der Waals surface area contributed by atoms with E-state index in [9.17, 15) is 4.79 Å². The van der Waals surface area contributed by atoms with Crippen molar-refractivity contribution in [3.05, 3.63) is 0 Å². The Kier molecular flexibility index (Phi) is 2.63. The number of piperazine rings is 1. The molecular formula is C11H20N2O2. The summed E-state index contributed by atoms with van der Waals surface area (Å²) < 4.78 is 5.39. The summed E-state index contributed by atoms with van der Waals surface area (Å²) in [6.07, 6.45) is 2.14. The summed E-state index contributed by atoms with van der Waals surface area (Å²) in [5, 5.41) is 3.42. The highest BCUT2D eigenvalue weighted by molar-refractivity contribution is 5.69. The van der Waals surface area contributed by atoms with Crippen LogP contribution in [0.25, 0.3) is 0 Å². The average molecular weight is 212 g/mol. The number of nitrogens with zero attached hydrogens (tertiary/aromatic N) is 1. The van der Waals surface area contributed by atoms with Gasteiger partial charge in [0.15, 0.2) is 0 Å². The number of ether oxygens (including phenoxy) is 1. The van der Waals surface area contributed by atoms with Crippen molar-refractivity contribution in [2.24, 2.45) is 0 Å². The first-order chi connectivity index (χ1) is 6.96. The molecule has 4 heteroatoms. The van der Waals surface area contributed by atoms with Gasteiger partial charge >= 0.3 is 6.09 Å². The molecule has 0 radical (unpaired) electrons. The number of rotatable bonds is 0. The third kappa shape index (κ3) is 2.43. The summed E-state index contributed by atoms with van der Waals surface area (Å²) in [5.41, 5.74) is -0.388. The summed E-state index contributed by atoms with van der Waals surface area (Å²) in [5.74, 6) is 0. The molecule has 1 amide bonds. The monoisotopic (exact) mass is 212 g/mol. The van der Waals surface area contributed by atoms with E-state index in [0.717, 1.165) is 19.5 Å². The molecule has 3 saturated heterocycles. The van der Waals surface area contributed by atoms with Gasteiger partial charge < -0.3 is 15.0 Å². The van der Waals surface area contributed by atoms with E-state index in [4.69, 9.17) is 4.74 Å². The Hall–Kier alpha value is -0.770. The third-order valence-corrected chi connectivity index (χ3v) is 2.98.